The number of hydrogen-bond acceptors (Lipinski definition) is 4. The molecule has 0 spiro atoms. The number of hydrogen-bond donors (Lipinski definition) is 1. The number of likely N-dealkylation sites (tertiary alicyclic amines) is 1. The first kappa shape index (κ1) is 17.4. The molecule has 1 saturated heterocycles. The van der Waals surface area contributed by atoms with Crippen LogP contribution in [-0.4, -0.2) is 48.7 Å². The molecule has 1 N–H and O–H groups in total. The van der Waals surface area contributed by atoms with Crippen molar-refractivity contribution in [1.82, 2.24) is 19.7 Å². The van der Waals surface area contributed by atoms with Crippen LogP contribution < -0.4 is 0 Å². The SMILES string of the molecule is CCC(C)n1ncc2c(C(=O)N3CCCC3(C)C(=O)O)cc(C)nc21. The van der Waals surface area contributed by atoms with E-state index in [1.54, 1.807) is 19.2 Å². The van der Waals surface area contributed by atoms with Crippen molar-refractivity contribution in [2.45, 2.75) is 58.5 Å². The summed E-state index contributed by atoms with van der Waals surface area (Å²) in [5, 5.41) is 14.7. The Balaban J connectivity index is 2.11. The van der Waals surface area contributed by atoms with Crippen molar-refractivity contribution in [3.05, 3.63) is 23.5 Å². The highest BCUT2D eigenvalue weighted by Gasteiger charge is 2.46. The number of fused-ring (bicyclic) bond motifs is 1. The van der Waals surface area contributed by atoms with E-state index in [0.717, 1.165) is 12.1 Å². The van der Waals surface area contributed by atoms with Crippen molar-refractivity contribution in [3.63, 3.8) is 0 Å². The van der Waals surface area contributed by atoms with Gasteiger partial charge in [-0.05, 0) is 46.1 Å². The molecule has 1 fully saturated rings. The van der Waals surface area contributed by atoms with Crippen molar-refractivity contribution >= 4 is 22.9 Å². The lowest BCUT2D eigenvalue weighted by molar-refractivity contribution is -0.147. The number of aryl methyl sites for hydroxylation is 1. The standard InChI is InChI=1S/C18H24N4O3/c1-5-12(3)22-15-14(10-19-22)13(9-11(2)20-15)16(23)21-8-6-7-18(21,4)17(24)25/h9-10,12H,5-8H2,1-4H3,(H,24,25). The smallest absolute Gasteiger partial charge is 0.329 e. The summed E-state index contributed by atoms with van der Waals surface area (Å²) in [4.78, 5) is 30.9. The first-order valence-corrected chi connectivity index (χ1v) is 8.69. The Morgan fingerprint density at radius 2 is 2.16 bits per heavy atom. The van der Waals surface area contributed by atoms with Gasteiger partial charge in [-0.3, -0.25) is 4.79 Å². The molecule has 1 aliphatic rings. The highest BCUT2D eigenvalue weighted by molar-refractivity contribution is 6.07. The van der Waals surface area contributed by atoms with Gasteiger partial charge in [0.25, 0.3) is 5.91 Å². The van der Waals surface area contributed by atoms with E-state index in [4.69, 9.17) is 0 Å². The summed E-state index contributed by atoms with van der Waals surface area (Å²) in [6.07, 6.45) is 3.72. The van der Waals surface area contributed by atoms with Gasteiger partial charge < -0.3 is 10.0 Å². The summed E-state index contributed by atoms with van der Waals surface area (Å²) in [5.74, 6) is -1.22. The maximum absolute atomic E-state index is 13.2. The summed E-state index contributed by atoms with van der Waals surface area (Å²) in [6.45, 7) is 8.03. The van der Waals surface area contributed by atoms with Gasteiger partial charge in [0.15, 0.2) is 5.65 Å². The summed E-state index contributed by atoms with van der Waals surface area (Å²) >= 11 is 0. The minimum atomic E-state index is -1.16. The zero-order valence-electron chi connectivity index (χ0n) is 15.1. The first-order valence-electron chi connectivity index (χ1n) is 8.69. The van der Waals surface area contributed by atoms with E-state index in [0.29, 0.717) is 36.0 Å². The third kappa shape index (κ3) is 2.67. The van der Waals surface area contributed by atoms with Crippen molar-refractivity contribution in [3.8, 4) is 0 Å². The van der Waals surface area contributed by atoms with E-state index < -0.39 is 11.5 Å². The number of nitrogens with zero attached hydrogens (tertiary/aromatic N) is 4. The van der Waals surface area contributed by atoms with Gasteiger partial charge in [-0.15, -0.1) is 0 Å². The van der Waals surface area contributed by atoms with Crippen molar-refractivity contribution in [1.29, 1.82) is 0 Å². The number of carbonyl (C=O) groups is 2. The largest absolute Gasteiger partial charge is 0.480 e. The van der Waals surface area contributed by atoms with Crippen molar-refractivity contribution in [2.24, 2.45) is 0 Å². The Morgan fingerprint density at radius 3 is 2.80 bits per heavy atom. The molecule has 2 unspecified atom stereocenters. The van der Waals surface area contributed by atoms with E-state index in [-0.39, 0.29) is 11.9 Å². The van der Waals surface area contributed by atoms with Crippen LogP contribution in [0.2, 0.25) is 0 Å². The second-order valence-electron chi connectivity index (χ2n) is 7.03. The summed E-state index contributed by atoms with van der Waals surface area (Å²) in [6, 6.07) is 1.90. The molecule has 0 radical (unpaired) electrons. The summed E-state index contributed by atoms with van der Waals surface area (Å²) in [7, 11) is 0. The second kappa shape index (κ2) is 6.13. The van der Waals surface area contributed by atoms with Crippen LogP contribution >= 0.6 is 0 Å². The number of amides is 1. The van der Waals surface area contributed by atoms with E-state index in [2.05, 4.69) is 23.9 Å². The Hall–Kier alpha value is -2.44. The zero-order chi connectivity index (χ0) is 18.4. The number of carboxylic acid groups (broad SMARTS) is 1. The molecule has 3 heterocycles. The predicted octanol–water partition coefficient (Wildman–Crippen LogP) is 2.79. The third-order valence-corrected chi connectivity index (χ3v) is 5.28. The molecule has 134 valence electrons. The minimum Gasteiger partial charge on any atom is -0.480 e. The predicted molar refractivity (Wildman–Crippen MR) is 93.6 cm³/mol. The van der Waals surface area contributed by atoms with Gasteiger partial charge in [-0.2, -0.15) is 5.10 Å². The van der Waals surface area contributed by atoms with E-state index in [9.17, 15) is 14.7 Å². The Kier molecular flexibility index (Phi) is 4.26. The van der Waals surface area contributed by atoms with Gasteiger partial charge in [0, 0.05) is 12.2 Å². The average molecular weight is 344 g/mol. The molecule has 3 rings (SSSR count). The van der Waals surface area contributed by atoms with Gasteiger partial charge in [0.05, 0.1) is 23.2 Å². The molecule has 1 amide bonds. The quantitative estimate of drug-likeness (QED) is 0.921. The fraction of sp³-hybridized carbons (Fsp3) is 0.556. The second-order valence-corrected chi connectivity index (χ2v) is 7.03. The molecule has 2 aromatic rings. The molecule has 1 aliphatic heterocycles. The van der Waals surface area contributed by atoms with Gasteiger partial charge >= 0.3 is 5.97 Å². The number of carbonyl (C=O) groups excluding carboxylic acids is 1. The summed E-state index contributed by atoms with van der Waals surface area (Å²) < 4.78 is 1.83. The van der Waals surface area contributed by atoms with Crippen molar-refractivity contribution in [2.75, 3.05) is 6.54 Å². The summed E-state index contributed by atoms with van der Waals surface area (Å²) in [5.41, 5.74) is 0.713. The topological polar surface area (TPSA) is 88.3 Å². The van der Waals surface area contributed by atoms with E-state index in [1.165, 1.54) is 4.90 Å². The van der Waals surface area contributed by atoms with E-state index >= 15 is 0 Å². The molecular formula is C18H24N4O3. The van der Waals surface area contributed by atoms with Crippen LogP contribution in [0, 0.1) is 6.92 Å². The number of aromatic nitrogens is 3. The Morgan fingerprint density at radius 1 is 1.44 bits per heavy atom. The third-order valence-electron chi connectivity index (χ3n) is 5.28. The van der Waals surface area contributed by atoms with Gasteiger partial charge in [0.1, 0.15) is 5.54 Å². The minimum absolute atomic E-state index is 0.172. The lowest BCUT2D eigenvalue weighted by atomic mass is 9.98. The molecule has 0 saturated carbocycles. The number of carboxylic acids is 1. The first-order chi connectivity index (χ1) is 11.8. The average Bonchev–Trinajstić information content (AvgIpc) is 3.17. The van der Waals surface area contributed by atoms with Gasteiger partial charge in [-0.25, -0.2) is 14.5 Å². The molecule has 7 nitrogen and oxygen atoms in total. The molecule has 0 aromatic carbocycles. The lowest BCUT2D eigenvalue weighted by Gasteiger charge is -2.31. The Bertz CT molecular complexity index is 844. The number of pyridine rings is 1. The van der Waals surface area contributed by atoms with Crippen LogP contribution in [0.3, 0.4) is 0 Å². The maximum Gasteiger partial charge on any atom is 0.329 e. The highest BCUT2D eigenvalue weighted by Crippen LogP contribution is 2.32. The molecule has 25 heavy (non-hydrogen) atoms. The van der Waals surface area contributed by atoms with Crippen LogP contribution in [0.5, 0.6) is 0 Å². The molecular weight excluding hydrogens is 320 g/mol. The Labute approximate surface area is 146 Å². The van der Waals surface area contributed by atoms with Crippen LogP contribution in [0.4, 0.5) is 0 Å². The van der Waals surface area contributed by atoms with Crippen LogP contribution in [0.25, 0.3) is 11.0 Å². The van der Waals surface area contributed by atoms with Crippen LogP contribution in [0.15, 0.2) is 12.3 Å². The monoisotopic (exact) mass is 344 g/mol. The molecule has 0 aliphatic carbocycles. The maximum atomic E-state index is 13.2. The normalized spacial score (nSPS) is 21.7. The number of aliphatic carboxylic acids is 1. The molecule has 2 atom stereocenters. The van der Waals surface area contributed by atoms with Gasteiger partial charge in [-0.1, -0.05) is 6.92 Å². The van der Waals surface area contributed by atoms with Crippen LogP contribution in [-0.2, 0) is 4.79 Å². The fourth-order valence-electron chi connectivity index (χ4n) is 3.47. The van der Waals surface area contributed by atoms with E-state index in [1.807, 2.05) is 11.6 Å². The van der Waals surface area contributed by atoms with Crippen molar-refractivity contribution < 1.29 is 14.7 Å². The molecule has 2 aromatic heterocycles. The highest BCUT2D eigenvalue weighted by atomic mass is 16.4. The lowest BCUT2D eigenvalue weighted by Crippen LogP contribution is -2.50. The molecule has 0 bridgehead atoms. The number of rotatable bonds is 4. The fourth-order valence-corrected chi connectivity index (χ4v) is 3.47. The van der Waals surface area contributed by atoms with Gasteiger partial charge in [0.2, 0.25) is 0 Å². The van der Waals surface area contributed by atoms with Crippen LogP contribution in [0.1, 0.15) is 62.1 Å². The zero-order valence-corrected chi connectivity index (χ0v) is 15.1. The molecule has 7 heteroatoms.